The lowest BCUT2D eigenvalue weighted by Gasteiger charge is -2.18. The van der Waals surface area contributed by atoms with Gasteiger partial charge in [-0.3, -0.25) is 0 Å². The summed E-state index contributed by atoms with van der Waals surface area (Å²) in [7, 11) is 1.50. The van der Waals surface area contributed by atoms with Gasteiger partial charge in [-0.15, -0.1) is 0 Å². The first-order valence-electron chi connectivity index (χ1n) is 5.22. The molecule has 0 saturated heterocycles. The van der Waals surface area contributed by atoms with Gasteiger partial charge >= 0.3 is 12.0 Å². The number of carboxylic acids is 1. The van der Waals surface area contributed by atoms with Crippen molar-refractivity contribution in [3.05, 3.63) is 26.6 Å². The van der Waals surface area contributed by atoms with Gasteiger partial charge in [-0.25, -0.2) is 9.59 Å². The molecule has 19 heavy (non-hydrogen) atoms. The number of nitrogens with one attached hydrogen (secondary N) is 1. The van der Waals surface area contributed by atoms with E-state index in [9.17, 15) is 9.59 Å². The number of aliphatic hydroxyl groups is 1. The number of rotatable bonds is 4. The number of likely N-dealkylation sites (N-methyl/N-ethyl adjacent to an activating group) is 1. The standard InChI is InChI=1S/C11H12Br2N2O4/c1-15(2-3-16)11(19)14-9-7(10(17)18)4-6(12)5-8(9)13/h4-5,16H,2-3H2,1H3,(H,14,19)(H,17,18). The van der Waals surface area contributed by atoms with Crippen molar-refractivity contribution in [1.29, 1.82) is 0 Å². The van der Waals surface area contributed by atoms with Gasteiger partial charge in [0, 0.05) is 22.5 Å². The fourth-order valence-corrected chi connectivity index (χ4v) is 2.65. The molecule has 1 rings (SSSR count). The second kappa shape index (κ2) is 6.88. The summed E-state index contributed by atoms with van der Waals surface area (Å²) >= 11 is 6.39. The lowest BCUT2D eigenvalue weighted by Crippen LogP contribution is -2.34. The number of carbonyl (C=O) groups is 2. The third-order valence-corrected chi connectivity index (χ3v) is 3.38. The van der Waals surface area contributed by atoms with Gasteiger partial charge in [0.05, 0.1) is 17.9 Å². The van der Waals surface area contributed by atoms with E-state index in [2.05, 4.69) is 37.2 Å². The Morgan fingerprint density at radius 2 is 2.00 bits per heavy atom. The van der Waals surface area contributed by atoms with E-state index in [1.807, 2.05) is 0 Å². The largest absolute Gasteiger partial charge is 0.478 e. The summed E-state index contributed by atoms with van der Waals surface area (Å²) in [6.07, 6.45) is 0. The highest BCUT2D eigenvalue weighted by Crippen LogP contribution is 2.31. The molecular formula is C11H12Br2N2O4. The maximum absolute atomic E-state index is 11.8. The first kappa shape index (κ1) is 15.9. The lowest BCUT2D eigenvalue weighted by molar-refractivity contribution is 0.0698. The molecular weight excluding hydrogens is 384 g/mol. The number of aliphatic hydroxyl groups excluding tert-OH is 1. The van der Waals surface area contributed by atoms with Gasteiger partial charge in [0.2, 0.25) is 0 Å². The summed E-state index contributed by atoms with van der Waals surface area (Å²) in [5.74, 6) is -1.15. The summed E-state index contributed by atoms with van der Waals surface area (Å²) in [4.78, 5) is 24.2. The average Bonchev–Trinajstić information content (AvgIpc) is 2.32. The van der Waals surface area contributed by atoms with Crippen molar-refractivity contribution in [2.45, 2.75) is 0 Å². The fourth-order valence-electron chi connectivity index (χ4n) is 1.32. The van der Waals surface area contributed by atoms with Gasteiger partial charge in [0.15, 0.2) is 0 Å². The molecule has 1 aromatic carbocycles. The summed E-state index contributed by atoms with van der Waals surface area (Å²) in [5, 5.41) is 20.4. The predicted molar refractivity (Wildman–Crippen MR) is 77.5 cm³/mol. The summed E-state index contributed by atoms with van der Waals surface area (Å²) in [6, 6.07) is 2.53. The highest BCUT2D eigenvalue weighted by molar-refractivity contribution is 9.11. The first-order valence-corrected chi connectivity index (χ1v) is 6.80. The second-order valence-corrected chi connectivity index (χ2v) is 5.46. The van der Waals surface area contributed by atoms with Crippen LogP contribution in [0.25, 0.3) is 0 Å². The molecule has 3 N–H and O–H groups in total. The summed E-state index contributed by atoms with van der Waals surface area (Å²) in [5.41, 5.74) is 0.137. The molecule has 0 saturated carbocycles. The number of nitrogens with zero attached hydrogens (tertiary/aromatic N) is 1. The fraction of sp³-hybridized carbons (Fsp3) is 0.273. The van der Waals surface area contributed by atoms with Gasteiger partial charge in [-0.2, -0.15) is 0 Å². The van der Waals surface area contributed by atoms with Crippen molar-refractivity contribution in [2.24, 2.45) is 0 Å². The maximum Gasteiger partial charge on any atom is 0.337 e. The van der Waals surface area contributed by atoms with Gasteiger partial charge in [0.1, 0.15) is 0 Å². The van der Waals surface area contributed by atoms with Gasteiger partial charge in [0.25, 0.3) is 0 Å². The van der Waals surface area contributed by atoms with Crippen LogP contribution in [0.4, 0.5) is 10.5 Å². The second-order valence-electron chi connectivity index (χ2n) is 3.69. The topological polar surface area (TPSA) is 89.9 Å². The normalized spacial score (nSPS) is 10.1. The minimum Gasteiger partial charge on any atom is -0.478 e. The molecule has 2 amide bonds. The van der Waals surface area contributed by atoms with Crippen molar-refractivity contribution < 1.29 is 19.8 Å². The van der Waals surface area contributed by atoms with E-state index < -0.39 is 12.0 Å². The molecule has 1 aromatic rings. The Bertz CT molecular complexity index is 508. The number of urea groups is 1. The van der Waals surface area contributed by atoms with Crippen LogP contribution in [0.1, 0.15) is 10.4 Å². The van der Waals surface area contributed by atoms with E-state index in [-0.39, 0.29) is 24.4 Å². The molecule has 0 aromatic heterocycles. The van der Waals surface area contributed by atoms with Crippen LogP contribution in [0.3, 0.4) is 0 Å². The van der Waals surface area contributed by atoms with Gasteiger partial charge in [-0.05, 0) is 28.1 Å². The van der Waals surface area contributed by atoms with Crippen molar-refractivity contribution in [1.82, 2.24) is 4.90 Å². The van der Waals surface area contributed by atoms with Crippen molar-refractivity contribution in [3.8, 4) is 0 Å². The van der Waals surface area contributed by atoms with E-state index in [1.165, 1.54) is 18.0 Å². The Hall–Kier alpha value is -1.12. The molecule has 0 aliphatic heterocycles. The van der Waals surface area contributed by atoms with Crippen LogP contribution in [0.2, 0.25) is 0 Å². The van der Waals surface area contributed by atoms with Crippen molar-refractivity contribution in [2.75, 3.05) is 25.5 Å². The van der Waals surface area contributed by atoms with Crippen LogP contribution < -0.4 is 5.32 Å². The number of carboxylic acid groups (broad SMARTS) is 1. The minimum atomic E-state index is -1.15. The van der Waals surface area contributed by atoms with Crippen molar-refractivity contribution >= 4 is 49.5 Å². The third kappa shape index (κ3) is 4.19. The highest BCUT2D eigenvalue weighted by atomic mass is 79.9. The summed E-state index contributed by atoms with van der Waals surface area (Å²) < 4.78 is 1.03. The molecule has 0 unspecified atom stereocenters. The molecule has 0 aliphatic rings. The monoisotopic (exact) mass is 394 g/mol. The smallest absolute Gasteiger partial charge is 0.337 e. The minimum absolute atomic E-state index is 0.0352. The Kier molecular flexibility index (Phi) is 5.77. The van der Waals surface area contributed by atoms with Crippen LogP contribution in [-0.2, 0) is 0 Å². The molecule has 0 aliphatic carbocycles. The van der Waals surface area contributed by atoms with Crippen LogP contribution in [-0.4, -0.2) is 47.3 Å². The SMILES string of the molecule is CN(CCO)C(=O)Nc1c(Br)cc(Br)cc1C(=O)O. The quantitative estimate of drug-likeness (QED) is 0.729. The highest BCUT2D eigenvalue weighted by Gasteiger charge is 2.18. The molecule has 8 heteroatoms. The number of amides is 2. The number of anilines is 1. The average molecular weight is 396 g/mol. The van der Waals surface area contributed by atoms with Crippen LogP contribution >= 0.6 is 31.9 Å². The Labute approximate surface area is 126 Å². The van der Waals surface area contributed by atoms with E-state index >= 15 is 0 Å². The molecule has 0 atom stereocenters. The molecule has 0 spiro atoms. The number of benzene rings is 1. The van der Waals surface area contributed by atoms with Crippen LogP contribution in [0, 0.1) is 0 Å². The first-order chi connectivity index (χ1) is 8.86. The molecule has 104 valence electrons. The molecule has 0 heterocycles. The van der Waals surface area contributed by atoms with E-state index in [0.717, 1.165) is 0 Å². The Morgan fingerprint density at radius 1 is 1.37 bits per heavy atom. The van der Waals surface area contributed by atoms with E-state index in [4.69, 9.17) is 10.2 Å². The molecule has 0 bridgehead atoms. The summed E-state index contributed by atoms with van der Waals surface area (Å²) in [6.45, 7) is -0.0143. The van der Waals surface area contributed by atoms with Crippen molar-refractivity contribution in [3.63, 3.8) is 0 Å². The third-order valence-electron chi connectivity index (χ3n) is 2.30. The van der Waals surface area contributed by atoms with Gasteiger partial charge in [-0.1, -0.05) is 15.9 Å². The number of carbonyl (C=O) groups excluding carboxylic acids is 1. The van der Waals surface area contributed by atoms with Crippen LogP contribution in [0.5, 0.6) is 0 Å². The lowest BCUT2D eigenvalue weighted by atomic mass is 10.2. The number of hydrogen-bond donors (Lipinski definition) is 3. The predicted octanol–water partition coefficient (Wildman–Crippen LogP) is 2.37. The zero-order chi connectivity index (χ0) is 14.6. The zero-order valence-corrected chi connectivity index (χ0v) is 13.2. The van der Waals surface area contributed by atoms with E-state index in [0.29, 0.717) is 8.95 Å². The van der Waals surface area contributed by atoms with E-state index in [1.54, 1.807) is 6.07 Å². The number of aromatic carboxylic acids is 1. The maximum atomic E-state index is 11.8. The Balaban J connectivity index is 3.06. The molecule has 6 nitrogen and oxygen atoms in total. The number of hydrogen-bond acceptors (Lipinski definition) is 3. The van der Waals surface area contributed by atoms with Crippen LogP contribution in [0.15, 0.2) is 21.1 Å². The number of halogens is 2. The molecule has 0 fully saturated rings. The Morgan fingerprint density at radius 3 is 2.53 bits per heavy atom. The molecule has 0 radical (unpaired) electrons. The zero-order valence-electron chi connectivity index (χ0n) is 9.98. The van der Waals surface area contributed by atoms with Gasteiger partial charge < -0.3 is 20.4 Å².